The lowest BCUT2D eigenvalue weighted by Gasteiger charge is -2.18. The van der Waals surface area contributed by atoms with Gasteiger partial charge < -0.3 is 5.32 Å². The molecule has 4 heteroatoms. The summed E-state index contributed by atoms with van der Waals surface area (Å²) < 4.78 is 0. The van der Waals surface area contributed by atoms with Crippen molar-refractivity contribution in [3.8, 4) is 0 Å². The molecule has 1 N–H and O–H groups in total. The summed E-state index contributed by atoms with van der Waals surface area (Å²) in [6.07, 6.45) is 0.521. The number of carbonyl (C=O) groups is 2. The Hall–Kier alpha value is -0.900. The second-order valence-corrected chi connectivity index (χ2v) is 3.27. The van der Waals surface area contributed by atoms with E-state index in [1.165, 1.54) is 0 Å². The number of ketones is 1. The number of carbonyl (C=O) groups excluding carboxylic acids is 2. The van der Waals surface area contributed by atoms with Crippen molar-refractivity contribution in [2.24, 2.45) is 0 Å². The van der Waals surface area contributed by atoms with Gasteiger partial charge in [0.25, 0.3) is 0 Å². The van der Waals surface area contributed by atoms with E-state index in [1.807, 2.05) is 18.7 Å². The smallest absolute Gasteiger partial charge is 0.234 e. The summed E-state index contributed by atoms with van der Waals surface area (Å²) in [7, 11) is 0. The lowest BCUT2D eigenvalue weighted by Crippen LogP contribution is -2.37. The van der Waals surface area contributed by atoms with Crippen LogP contribution < -0.4 is 5.32 Å². The maximum atomic E-state index is 11.2. The van der Waals surface area contributed by atoms with Crippen molar-refractivity contribution in [3.63, 3.8) is 0 Å². The molecule has 0 heterocycles. The SMILES string of the molecule is CCNC(=O)CN(CC)CCC(C)=O. The largest absolute Gasteiger partial charge is 0.355 e. The fourth-order valence-electron chi connectivity index (χ4n) is 1.12. The standard InChI is InChI=1S/C10H20N2O2/c1-4-11-10(14)8-12(5-2)7-6-9(3)13/h4-8H2,1-3H3,(H,11,14). The molecule has 0 aromatic rings. The average Bonchev–Trinajstić information content (AvgIpc) is 2.12. The first-order valence-corrected chi connectivity index (χ1v) is 5.08. The van der Waals surface area contributed by atoms with Crippen LogP contribution in [-0.2, 0) is 9.59 Å². The molecule has 0 fully saturated rings. The normalized spacial score (nSPS) is 10.3. The van der Waals surface area contributed by atoms with Crippen LogP contribution in [0.5, 0.6) is 0 Å². The molecule has 0 rings (SSSR count). The van der Waals surface area contributed by atoms with Gasteiger partial charge in [-0.05, 0) is 20.4 Å². The van der Waals surface area contributed by atoms with Crippen molar-refractivity contribution in [1.82, 2.24) is 10.2 Å². The molecule has 0 aliphatic rings. The Kier molecular flexibility index (Phi) is 7.02. The van der Waals surface area contributed by atoms with Gasteiger partial charge in [0.05, 0.1) is 6.54 Å². The van der Waals surface area contributed by atoms with Gasteiger partial charge in [-0.25, -0.2) is 0 Å². The molecule has 14 heavy (non-hydrogen) atoms. The van der Waals surface area contributed by atoms with E-state index in [9.17, 15) is 9.59 Å². The Balaban J connectivity index is 3.78. The third kappa shape index (κ3) is 6.60. The van der Waals surface area contributed by atoms with Gasteiger partial charge >= 0.3 is 0 Å². The molecule has 82 valence electrons. The van der Waals surface area contributed by atoms with E-state index < -0.39 is 0 Å². The molecular formula is C10H20N2O2. The summed E-state index contributed by atoms with van der Waals surface area (Å²) >= 11 is 0. The van der Waals surface area contributed by atoms with Crippen molar-refractivity contribution in [2.75, 3.05) is 26.2 Å². The van der Waals surface area contributed by atoms with Gasteiger partial charge in [-0.1, -0.05) is 6.92 Å². The highest BCUT2D eigenvalue weighted by atomic mass is 16.2. The second kappa shape index (κ2) is 7.50. The number of Topliss-reactive ketones (excluding diaryl/α,β-unsaturated/α-hetero) is 1. The molecule has 4 nitrogen and oxygen atoms in total. The molecule has 0 bridgehead atoms. The quantitative estimate of drug-likeness (QED) is 0.648. The van der Waals surface area contributed by atoms with Crippen molar-refractivity contribution in [1.29, 1.82) is 0 Å². The van der Waals surface area contributed by atoms with Gasteiger partial charge in [-0.3, -0.25) is 14.5 Å². The summed E-state index contributed by atoms with van der Waals surface area (Å²) in [6, 6.07) is 0. The van der Waals surface area contributed by atoms with Crippen LogP contribution >= 0.6 is 0 Å². The minimum absolute atomic E-state index is 0.0258. The first kappa shape index (κ1) is 13.1. The van der Waals surface area contributed by atoms with Crippen LogP contribution in [0.3, 0.4) is 0 Å². The zero-order valence-electron chi connectivity index (χ0n) is 9.30. The van der Waals surface area contributed by atoms with Crippen LogP contribution in [0.15, 0.2) is 0 Å². The van der Waals surface area contributed by atoms with E-state index in [2.05, 4.69) is 5.32 Å². The number of hydrogen-bond donors (Lipinski definition) is 1. The van der Waals surface area contributed by atoms with E-state index in [-0.39, 0.29) is 11.7 Å². The number of likely N-dealkylation sites (N-methyl/N-ethyl adjacent to an activating group) is 2. The molecule has 0 aromatic heterocycles. The molecule has 0 spiro atoms. The maximum absolute atomic E-state index is 11.2. The fourth-order valence-corrected chi connectivity index (χ4v) is 1.12. The zero-order valence-corrected chi connectivity index (χ0v) is 9.30. The van der Waals surface area contributed by atoms with Gasteiger partial charge in [0, 0.05) is 19.5 Å². The number of amides is 1. The number of nitrogens with one attached hydrogen (secondary N) is 1. The van der Waals surface area contributed by atoms with Gasteiger partial charge in [-0.2, -0.15) is 0 Å². The van der Waals surface area contributed by atoms with E-state index >= 15 is 0 Å². The van der Waals surface area contributed by atoms with E-state index in [0.717, 1.165) is 6.54 Å². The molecule has 0 aromatic carbocycles. The molecule has 0 aliphatic heterocycles. The lowest BCUT2D eigenvalue weighted by molar-refractivity contribution is -0.123. The van der Waals surface area contributed by atoms with Crippen LogP contribution in [0.2, 0.25) is 0 Å². The molecule has 0 saturated carbocycles. The van der Waals surface area contributed by atoms with E-state index in [1.54, 1.807) is 6.92 Å². The zero-order chi connectivity index (χ0) is 11.0. The van der Waals surface area contributed by atoms with Crippen LogP contribution in [0.25, 0.3) is 0 Å². The Bertz CT molecular complexity index is 193. The van der Waals surface area contributed by atoms with Crippen LogP contribution in [-0.4, -0.2) is 42.8 Å². The maximum Gasteiger partial charge on any atom is 0.234 e. The average molecular weight is 200 g/mol. The molecule has 0 aliphatic carbocycles. The predicted octanol–water partition coefficient (Wildman–Crippen LogP) is 0.423. The third-order valence-corrected chi connectivity index (χ3v) is 1.97. The fraction of sp³-hybridized carbons (Fsp3) is 0.800. The number of rotatable bonds is 7. The molecule has 1 amide bonds. The van der Waals surface area contributed by atoms with Crippen LogP contribution in [0, 0.1) is 0 Å². The summed E-state index contributed by atoms with van der Waals surface area (Å²) in [6.45, 7) is 7.96. The van der Waals surface area contributed by atoms with Crippen LogP contribution in [0.4, 0.5) is 0 Å². The molecule has 0 unspecified atom stereocenters. The Labute approximate surface area is 85.7 Å². The summed E-state index contributed by atoms with van der Waals surface area (Å²) in [4.78, 5) is 23.9. The van der Waals surface area contributed by atoms with Gasteiger partial charge in [-0.15, -0.1) is 0 Å². The number of hydrogen-bond acceptors (Lipinski definition) is 3. The first-order valence-electron chi connectivity index (χ1n) is 5.08. The highest BCUT2D eigenvalue weighted by molar-refractivity contribution is 5.78. The molecule has 0 radical (unpaired) electrons. The van der Waals surface area contributed by atoms with E-state index in [4.69, 9.17) is 0 Å². The highest BCUT2D eigenvalue weighted by Crippen LogP contribution is 1.91. The van der Waals surface area contributed by atoms with Gasteiger partial charge in [0.2, 0.25) is 5.91 Å². The lowest BCUT2D eigenvalue weighted by atomic mass is 10.3. The minimum atomic E-state index is 0.0258. The first-order chi connectivity index (χ1) is 6.60. The highest BCUT2D eigenvalue weighted by Gasteiger charge is 2.08. The van der Waals surface area contributed by atoms with Crippen molar-refractivity contribution in [3.05, 3.63) is 0 Å². The molecule has 0 saturated heterocycles. The second-order valence-electron chi connectivity index (χ2n) is 3.27. The minimum Gasteiger partial charge on any atom is -0.355 e. The summed E-state index contributed by atoms with van der Waals surface area (Å²) in [5.41, 5.74) is 0. The molecule has 0 atom stereocenters. The predicted molar refractivity (Wildman–Crippen MR) is 56.1 cm³/mol. The van der Waals surface area contributed by atoms with Gasteiger partial charge in [0.1, 0.15) is 5.78 Å². The van der Waals surface area contributed by atoms with E-state index in [0.29, 0.717) is 26.1 Å². The van der Waals surface area contributed by atoms with Crippen molar-refractivity contribution < 1.29 is 9.59 Å². The third-order valence-electron chi connectivity index (χ3n) is 1.97. The Morgan fingerprint density at radius 2 is 1.93 bits per heavy atom. The Morgan fingerprint density at radius 1 is 1.29 bits per heavy atom. The number of nitrogens with zero attached hydrogens (tertiary/aromatic N) is 1. The molecular weight excluding hydrogens is 180 g/mol. The monoisotopic (exact) mass is 200 g/mol. The topological polar surface area (TPSA) is 49.4 Å². The summed E-state index contributed by atoms with van der Waals surface area (Å²) in [5.74, 6) is 0.192. The summed E-state index contributed by atoms with van der Waals surface area (Å²) in [5, 5.41) is 2.73. The van der Waals surface area contributed by atoms with Crippen LogP contribution in [0.1, 0.15) is 27.2 Å². The van der Waals surface area contributed by atoms with Gasteiger partial charge in [0.15, 0.2) is 0 Å². The van der Waals surface area contributed by atoms with Crippen molar-refractivity contribution in [2.45, 2.75) is 27.2 Å². The van der Waals surface area contributed by atoms with Crippen molar-refractivity contribution >= 4 is 11.7 Å². The Morgan fingerprint density at radius 3 is 2.36 bits per heavy atom.